The Labute approximate surface area is 128 Å². The highest BCUT2D eigenvalue weighted by atomic mass is 127. The van der Waals surface area contributed by atoms with Crippen molar-refractivity contribution in [3.8, 4) is 0 Å². The maximum absolute atomic E-state index is 4.22. The summed E-state index contributed by atoms with van der Waals surface area (Å²) in [5.41, 5.74) is 1.24. The number of nitrogens with one attached hydrogen (secondary N) is 1. The minimum atomic E-state index is 0.179. The van der Waals surface area contributed by atoms with E-state index in [1.165, 1.54) is 13.9 Å². The Hall–Kier alpha value is -0.540. The molecule has 1 heterocycles. The van der Waals surface area contributed by atoms with Gasteiger partial charge in [0.15, 0.2) is 5.82 Å². The van der Waals surface area contributed by atoms with Gasteiger partial charge in [-0.1, -0.05) is 15.9 Å². The first-order valence-corrected chi connectivity index (χ1v) is 7.32. The highest BCUT2D eigenvalue weighted by Gasteiger charge is 2.16. The minimum absolute atomic E-state index is 0.179. The van der Waals surface area contributed by atoms with E-state index in [2.05, 4.69) is 71.4 Å². The Bertz CT molecular complexity index is 542. The Kier molecular flexibility index (Phi) is 4.68. The lowest BCUT2D eigenvalue weighted by Gasteiger charge is -2.16. The molecule has 1 aromatic heterocycles. The Morgan fingerprint density at radius 2 is 2.28 bits per heavy atom. The van der Waals surface area contributed by atoms with E-state index in [0.29, 0.717) is 0 Å². The first-order valence-electron chi connectivity index (χ1n) is 5.45. The van der Waals surface area contributed by atoms with Crippen molar-refractivity contribution in [3.05, 3.63) is 37.6 Å². The smallest absolute Gasteiger partial charge is 0.176 e. The summed E-state index contributed by atoms with van der Waals surface area (Å²) in [6, 6.07) is 6.44. The van der Waals surface area contributed by atoms with Gasteiger partial charge < -0.3 is 5.32 Å². The molecule has 0 aliphatic carbocycles. The molecule has 18 heavy (non-hydrogen) atoms. The number of tetrazole rings is 1. The third-order valence-electron chi connectivity index (χ3n) is 2.62. The second kappa shape index (κ2) is 6.07. The van der Waals surface area contributed by atoms with Gasteiger partial charge in [-0.3, -0.25) is 0 Å². The van der Waals surface area contributed by atoms with Crippen LogP contribution in [0.25, 0.3) is 0 Å². The molecule has 0 aliphatic heterocycles. The van der Waals surface area contributed by atoms with Gasteiger partial charge in [0.25, 0.3) is 0 Å². The first kappa shape index (κ1) is 13.9. The van der Waals surface area contributed by atoms with Gasteiger partial charge in [0.2, 0.25) is 0 Å². The van der Waals surface area contributed by atoms with Crippen molar-refractivity contribution in [2.24, 2.45) is 7.05 Å². The molecular weight excluding hydrogens is 409 g/mol. The number of aryl methyl sites for hydroxylation is 1. The van der Waals surface area contributed by atoms with Crippen LogP contribution < -0.4 is 5.32 Å². The van der Waals surface area contributed by atoms with Gasteiger partial charge >= 0.3 is 0 Å². The summed E-state index contributed by atoms with van der Waals surface area (Å²) in [5.74, 6) is 0.743. The van der Waals surface area contributed by atoms with Crippen LogP contribution in [-0.2, 0) is 13.5 Å². The number of benzene rings is 1. The average molecular weight is 422 g/mol. The summed E-state index contributed by atoms with van der Waals surface area (Å²) in [5, 5.41) is 15.4. The molecular formula is C11H13BrIN5. The van der Waals surface area contributed by atoms with Crippen LogP contribution in [0.1, 0.15) is 17.4 Å². The Morgan fingerprint density at radius 3 is 2.89 bits per heavy atom. The minimum Gasteiger partial charge on any atom is -0.313 e. The van der Waals surface area contributed by atoms with Gasteiger partial charge in [-0.05, 0) is 58.6 Å². The zero-order valence-electron chi connectivity index (χ0n) is 10.1. The van der Waals surface area contributed by atoms with E-state index in [9.17, 15) is 0 Å². The molecule has 1 atom stereocenters. The van der Waals surface area contributed by atoms with Crippen molar-refractivity contribution in [1.82, 2.24) is 25.5 Å². The lowest BCUT2D eigenvalue weighted by Crippen LogP contribution is -2.20. The molecule has 0 radical (unpaired) electrons. The van der Waals surface area contributed by atoms with Crippen LogP contribution in [0.15, 0.2) is 22.7 Å². The number of hydrogen-bond donors (Lipinski definition) is 1. The fraction of sp³-hybridized carbons (Fsp3) is 0.364. The predicted octanol–water partition coefficient (Wildman–Crippen LogP) is 2.08. The van der Waals surface area contributed by atoms with Crippen molar-refractivity contribution in [2.45, 2.75) is 12.5 Å². The Morgan fingerprint density at radius 1 is 1.50 bits per heavy atom. The summed E-state index contributed by atoms with van der Waals surface area (Å²) in [6.07, 6.45) is 0.719. The quantitative estimate of drug-likeness (QED) is 0.768. The molecule has 2 rings (SSSR count). The zero-order valence-corrected chi connectivity index (χ0v) is 13.8. The van der Waals surface area contributed by atoms with Gasteiger partial charge in [-0.15, -0.1) is 10.2 Å². The van der Waals surface area contributed by atoms with Crippen LogP contribution >= 0.6 is 38.5 Å². The second-order valence-electron chi connectivity index (χ2n) is 3.91. The second-order valence-corrected chi connectivity index (χ2v) is 5.98. The number of rotatable bonds is 4. The van der Waals surface area contributed by atoms with Crippen molar-refractivity contribution >= 4 is 38.5 Å². The largest absolute Gasteiger partial charge is 0.313 e. The molecule has 1 unspecified atom stereocenters. The van der Waals surface area contributed by atoms with Crippen LogP contribution in [0.2, 0.25) is 0 Å². The molecule has 2 aromatic rings. The molecule has 7 heteroatoms. The molecule has 0 amide bonds. The lowest BCUT2D eigenvalue weighted by atomic mass is 10.0. The summed E-state index contributed by atoms with van der Waals surface area (Å²) in [4.78, 5) is 1.48. The van der Waals surface area contributed by atoms with Crippen LogP contribution in [0.3, 0.4) is 0 Å². The van der Waals surface area contributed by atoms with E-state index in [0.717, 1.165) is 16.7 Å². The third kappa shape index (κ3) is 3.27. The monoisotopic (exact) mass is 421 g/mol. The van der Waals surface area contributed by atoms with Gasteiger partial charge in [0.05, 0.1) is 7.05 Å². The fourth-order valence-electron chi connectivity index (χ4n) is 1.74. The van der Waals surface area contributed by atoms with E-state index in [-0.39, 0.29) is 6.04 Å². The van der Waals surface area contributed by atoms with Crippen LogP contribution in [0, 0.1) is 3.57 Å². The number of nitrogens with zero attached hydrogens (tertiary/aromatic N) is 4. The topological polar surface area (TPSA) is 55.6 Å². The molecule has 96 valence electrons. The SMILES string of the molecule is CNC(Cc1nnn(C)n1)c1cc(Br)ccc1I. The number of hydrogen-bond acceptors (Lipinski definition) is 4. The Balaban J connectivity index is 2.25. The van der Waals surface area contributed by atoms with E-state index in [1.54, 1.807) is 7.05 Å². The van der Waals surface area contributed by atoms with Crippen LogP contribution in [0.4, 0.5) is 0 Å². The van der Waals surface area contributed by atoms with E-state index in [4.69, 9.17) is 0 Å². The van der Waals surface area contributed by atoms with Crippen molar-refractivity contribution in [3.63, 3.8) is 0 Å². The average Bonchev–Trinajstić information content (AvgIpc) is 2.75. The van der Waals surface area contributed by atoms with Crippen LogP contribution in [0.5, 0.6) is 0 Å². The van der Waals surface area contributed by atoms with Crippen LogP contribution in [-0.4, -0.2) is 27.3 Å². The summed E-state index contributed by atoms with van der Waals surface area (Å²) in [7, 11) is 3.71. The normalized spacial score (nSPS) is 12.7. The number of aromatic nitrogens is 4. The molecule has 0 saturated heterocycles. The number of halogens is 2. The van der Waals surface area contributed by atoms with E-state index in [1.807, 2.05) is 13.1 Å². The fourth-order valence-corrected chi connectivity index (χ4v) is 2.83. The molecule has 0 fully saturated rings. The summed E-state index contributed by atoms with van der Waals surface area (Å²) in [6.45, 7) is 0. The molecule has 5 nitrogen and oxygen atoms in total. The highest BCUT2D eigenvalue weighted by Crippen LogP contribution is 2.25. The first-order chi connectivity index (χ1) is 8.60. The molecule has 1 N–H and O–H groups in total. The number of likely N-dealkylation sites (N-methyl/N-ethyl adjacent to an activating group) is 1. The third-order valence-corrected chi connectivity index (χ3v) is 4.09. The van der Waals surface area contributed by atoms with Crippen molar-refractivity contribution in [1.29, 1.82) is 0 Å². The summed E-state index contributed by atoms with van der Waals surface area (Å²) >= 11 is 5.85. The summed E-state index contributed by atoms with van der Waals surface area (Å²) < 4.78 is 2.30. The molecule has 0 saturated carbocycles. The van der Waals surface area contributed by atoms with Gasteiger partial charge in [0, 0.05) is 20.5 Å². The molecule has 0 spiro atoms. The maximum Gasteiger partial charge on any atom is 0.176 e. The zero-order chi connectivity index (χ0) is 13.1. The van der Waals surface area contributed by atoms with Crippen molar-refractivity contribution < 1.29 is 0 Å². The van der Waals surface area contributed by atoms with E-state index >= 15 is 0 Å². The molecule has 0 aliphatic rings. The maximum atomic E-state index is 4.22. The van der Waals surface area contributed by atoms with Gasteiger partial charge in [0.1, 0.15) is 0 Å². The molecule has 1 aromatic carbocycles. The van der Waals surface area contributed by atoms with Gasteiger partial charge in [-0.2, -0.15) is 4.80 Å². The highest BCUT2D eigenvalue weighted by molar-refractivity contribution is 14.1. The standard InChI is InChI=1S/C11H13BrIN5/c1-14-10(6-11-15-17-18(2)16-11)8-5-7(12)3-4-9(8)13/h3-5,10,14H,6H2,1-2H3. The van der Waals surface area contributed by atoms with E-state index < -0.39 is 0 Å². The van der Waals surface area contributed by atoms with Gasteiger partial charge in [-0.25, -0.2) is 0 Å². The molecule has 0 bridgehead atoms. The predicted molar refractivity (Wildman–Crippen MR) is 81.2 cm³/mol. The lowest BCUT2D eigenvalue weighted by molar-refractivity contribution is 0.568. The van der Waals surface area contributed by atoms with Crippen molar-refractivity contribution in [2.75, 3.05) is 7.05 Å².